The average Bonchev–Trinajstić information content (AvgIpc) is 3.69. The van der Waals surface area contributed by atoms with E-state index in [2.05, 4.69) is 25.9 Å². The number of aryl methyl sites for hydroxylation is 1. The molecule has 2 heterocycles. The van der Waals surface area contributed by atoms with Crippen LogP contribution in [0.1, 0.15) is 25.3 Å². The van der Waals surface area contributed by atoms with Gasteiger partial charge in [0.15, 0.2) is 11.6 Å². The number of amides is 2. The number of hydrogen-bond acceptors (Lipinski definition) is 8. The van der Waals surface area contributed by atoms with Gasteiger partial charge in [-0.3, -0.25) is 9.59 Å². The van der Waals surface area contributed by atoms with Crippen molar-refractivity contribution in [3.8, 4) is 17.4 Å². The van der Waals surface area contributed by atoms with Crippen molar-refractivity contribution >= 4 is 34.4 Å². The SMILES string of the molecule is C/C(COc1cn2ncnc(Oc3ccc(NC(=O)C4(C(=O)Nc5ccc(F)cc5)CC4)cc3F)c2c1C)=N/O. The first-order valence-corrected chi connectivity index (χ1v) is 12.2. The number of oxime groups is 1. The molecule has 40 heavy (non-hydrogen) atoms. The molecule has 0 atom stereocenters. The topological polar surface area (TPSA) is 139 Å². The van der Waals surface area contributed by atoms with Crippen molar-refractivity contribution in [1.29, 1.82) is 0 Å². The lowest BCUT2D eigenvalue weighted by atomic mass is 10.0. The molecule has 1 fully saturated rings. The van der Waals surface area contributed by atoms with Gasteiger partial charge in [-0.2, -0.15) is 10.1 Å². The highest BCUT2D eigenvalue weighted by Gasteiger charge is 2.56. The number of nitrogens with zero attached hydrogens (tertiary/aromatic N) is 4. The Kier molecular flexibility index (Phi) is 7.03. The van der Waals surface area contributed by atoms with E-state index in [1.54, 1.807) is 20.0 Å². The van der Waals surface area contributed by atoms with Crippen LogP contribution in [0.4, 0.5) is 20.2 Å². The molecular weight excluding hydrogens is 526 g/mol. The van der Waals surface area contributed by atoms with Crippen LogP contribution < -0.4 is 20.1 Å². The summed E-state index contributed by atoms with van der Waals surface area (Å²) in [5, 5.41) is 21.2. The summed E-state index contributed by atoms with van der Waals surface area (Å²) in [4.78, 5) is 29.8. The monoisotopic (exact) mass is 550 g/mol. The van der Waals surface area contributed by atoms with Crippen molar-refractivity contribution in [1.82, 2.24) is 14.6 Å². The largest absolute Gasteiger partial charge is 0.486 e. The van der Waals surface area contributed by atoms with Gasteiger partial charge in [0, 0.05) is 23.0 Å². The second kappa shape index (κ2) is 10.6. The molecule has 0 aliphatic heterocycles. The van der Waals surface area contributed by atoms with E-state index in [1.807, 2.05) is 0 Å². The summed E-state index contributed by atoms with van der Waals surface area (Å²) in [6.07, 6.45) is 3.49. The molecule has 0 radical (unpaired) electrons. The highest BCUT2D eigenvalue weighted by molar-refractivity contribution is 6.16. The highest BCUT2D eigenvalue weighted by Crippen LogP contribution is 2.47. The maximum Gasteiger partial charge on any atom is 0.247 e. The maximum absolute atomic E-state index is 15.0. The number of ether oxygens (including phenoxy) is 2. The molecule has 5 rings (SSSR count). The van der Waals surface area contributed by atoms with Crippen molar-refractivity contribution < 1.29 is 33.1 Å². The predicted octanol–water partition coefficient (Wildman–Crippen LogP) is 4.69. The van der Waals surface area contributed by atoms with E-state index in [0.717, 1.165) is 6.07 Å². The lowest BCUT2D eigenvalue weighted by Gasteiger charge is -2.16. The van der Waals surface area contributed by atoms with Crippen LogP contribution in [0, 0.1) is 24.0 Å². The Hall–Kier alpha value is -5.07. The Labute approximate surface area is 226 Å². The molecule has 13 heteroatoms. The summed E-state index contributed by atoms with van der Waals surface area (Å²) in [7, 11) is 0. The van der Waals surface area contributed by atoms with Crippen LogP contribution in [0.25, 0.3) is 5.52 Å². The molecule has 1 saturated carbocycles. The van der Waals surface area contributed by atoms with Gasteiger partial charge in [0.25, 0.3) is 0 Å². The number of carbonyl (C=O) groups excluding carboxylic acids is 2. The van der Waals surface area contributed by atoms with Gasteiger partial charge in [-0.15, -0.1) is 0 Å². The number of anilines is 2. The summed E-state index contributed by atoms with van der Waals surface area (Å²) in [5.74, 6) is -1.95. The fourth-order valence-electron chi connectivity index (χ4n) is 4.02. The molecule has 2 aromatic heterocycles. The summed E-state index contributed by atoms with van der Waals surface area (Å²) in [6.45, 7) is 3.40. The van der Waals surface area contributed by atoms with Crippen molar-refractivity contribution in [2.45, 2.75) is 26.7 Å². The number of aromatic nitrogens is 3. The summed E-state index contributed by atoms with van der Waals surface area (Å²) < 4.78 is 41.0. The fourth-order valence-corrected chi connectivity index (χ4v) is 4.02. The number of hydrogen-bond donors (Lipinski definition) is 3. The van der Waals surface area contributed by atoms with Crippen LogP contribution >= 0.6 is 0 Å². The second-order valence-corrected chi connectivity index (χ2v) is 9.35. The molecule has 4 aromatic rings. The third-order valence-corrected chi connectivity index (χ3v) is 6.47. The molecule has 2 aromatic carbocycles. The minimum Gasteiger partial charge on any atom is -0.486 e. The summed E-state index contributed by atoms with van der Waals surface area (Å²) >= 11 is 0. The minimum absolute atomic E-state index is 0.0504. The minimum atomic E-state index is -1.29. The van der Waals surface area contributed by atoms with Gasteiger partial charge in [0.05, 0.1) is 11.9 Å². The number of benzene rings is 2. The number of fused-ring (bicyclic) bond motifs is 1. The van der Waals surface area contributed by atoms with Crippen molar-refractivity contribution in [3.05, 3.63) is 72.2 Å². The van der Waals surface area contributed by atoms with Crippen molar-refractivity contribution in [3.63, 3.8) is 0 Å². The van der Waals surface area contributed by atoms with Gasteiger partial charge >= 0.3 is 0 Å². The highest BCUT2D eigenvalue weighted by atomic mass is 19.1. The Morgan fingerprint density at radius 3 is 2.40 bits per heavy atom. The second-order valence-electron chi connectivity index (χ2n) is 9.35. The lowest BCUT2D eigenvalue weighted by molar-refractivity contribution is -0.131. The van der Waals surface area contributed by atoms with E-state index in [9.17, 15) is 14.0 Å². The van der Waals surface area contributed by atoms with E-state index in [-0.39, 0.29) is 23.9 Å². The van der Waals surface area contributed by atoms with Gasteiger partial charge in [0.2, 0.25) is 17.7 Å². The van der Waals surface area contributed by atoms with E-state index >= 15 is 4.39 Å². The number of halogens is 2. The quantitative estimate of drug-likeness (QED) is 0.119. The van der Waals surface area contributed by atoms with E-state index in [1.165, 1.54) is 47.2 Å². The molecule has 11 nitrogen and oxygen atoms in total. The molecule has 2 amide bonds. The molecule has 3 N–H and O–H groups in total. The zero-order valence-electron chi connectivity index (χ0n) is 21.4. The van der Waals surface area contributed by atoms with Crippen molar-refractivity contribution in [2.75, 3.05) is 17.2 Å². The van der Waals surface area contributed by atoms with Gasteiger partial charge in [-0.1, -0.05) is 5.16 Å². The Bertz CT molecular complexity index is 1630. The first-order valence-electron chi connectivity index (χ1n) is 12.2. The van der Waals surface area contributed by atoms with Gasteiger partial charge < -0.3 is 25.3 Å². The van der Waals surface area contributed by atoms with Crippen LogP contribution in [0.15, 0.2) is 60.1 Å². The third kappa shape index (κ3) is 5.25. The van der Waals surface area contributed by atoms with Gasteiger partial charge in [-0.25, -0.2) is 13.3 Å². The van der Waals surface area contributed by atoms with Gasteiger partial charge in [-0.05, 0) is 63.1 Å². The molecule has 0 bridgehead atoms. The fraction of sp³-hybridized carbons (Fsp3) is 0.222. The first-order chi connectivity index (χ1) is 19.2. The molecule has 0 saturated heterocycles. The first kappa shape index (κ1) is 26.5. The Morgan fingerprint density at radius 1 is 1.07 bits per heavy atom. The van der Waals surface area contributed by atoms with Crippen molar-refractivity contribution in [2.24, 2.45) is 10.6 Å². The third-order valence-electron chi connectivity index (χ3n) is 6.47. The number of nitrogens with one attached hydrogen (secondary N) is 2. The molecule has 0 spiro atoms. The van der Waals surface area contributed by atoms with Crippen LogP contribution in [-0.4, -0.2) is 43.9 Å². The molecule has 1 aliphatic carbocycles. The number of rotatable bonds is 9. The average molecular weight is 551 g/mol. The molecule has 0 unspecified atom stereocenters. The van der Waals surface area contributed by atoms with Crippen LogP contribution in [-0.2, 0) is 9.59 Å². The summed E-state index contributed by atoms with van der Waals surface area (Å²) in [5.41, 5.74) is 0.643. The van der Waals surface area contributed by atoms with Gasteiger partial charge in [0.1, 0.15) is 35.4 Å². The summed E-state index contributed by atoms with van der Waals surface area (Å²) in [6, 6.07) is 9.06. The van der Waals surface area contributed by atoms with Crippen LogP contribution in [0.3, 0.4) is 0 Å². The smallest absolute Gasteiger partial charge is 0.247 e. The number of carbonyl (C=O) groups is 2. The Balaban J connectivity index is 1.29. The maximum atomic E-state index is 15.0. The molecular formula is C27H24F2N6O5. The normalized spacial score (nSPS) is 14.1. The van der Waals surface area contributed by atoms with Crippen LogP contribution in [0.2, 0.25) is 0 Å². The van der Waals surface area contributed by atoms with E-state index < -0.39 is 28.9 Å². The zero-order chi connectivity index (χ0) is 28.4. The zero-order valence-corrected chi connectivity index (χ0v) is 21.4. The van der Waals surface area contributed by atoms with E-state index in [0.29, 0.717) is 41.1 Å². The Morgan fingerprint density at radius 2 is 1.75 bits per heavy atom. The molecule has 206 valence electrons. The predicted molar refractivity (Wildman–Crippen MR) is 140 cm³/mol. The lowest BCUT2D eigenvalue weighted by Crippen LogP contribution is -2.35. The van der Waals surface area contributed by atoms with Crippen LogP contribution in [0.5, 0.6) is 17.4 Å². The molecule has 1 aliphatic rings. The van der Waals surface area contributed by atoms with E-state index in [4.69, 9.17) is 14.7 Å². The standard InChI is InChI=1S/C27H24F2N6O5/c1-15(34-38)13-39-22-12-35-23(16(22)2)24(30-14-31-35)40-21-8-7-19(11-20(21)29)33-26(37)27(9-10-27)25(36)32-18-5-3-17(28)4-6-18/h3-8,11-12,14,38H,9-10,13H2,1-2H3,(H,32,36)(H,33,37)/b34-15-.